The number of amides is 1. The van der Waals surface area contributed by atoms with Crippen molar-refractivity contribution >= 4 is 22.9 Å². The van der Waals surface area contributed by atoms with Crippen molar-refractivity contribution in [2.24, 2.45) is 0 Å². The van der Waals surface area contributed by atoms with Gasteiger partial charge in [-0.2, -0.15) is 0 Å². The molecule has 5 nitrogen and oxygen atoms in total. The van der Waals surface area contributed by atoms with Crippen LogP contribution in [-0.4, -0.2) is 15.9 Å². The van der Waals surface area contributed by atoms with Crippen molar-refractivity contribution in [1.82, 2.24) is 9.97 Å². The molecular weight excluding hydrogens is 358 g/mol. The molecule has 0 aliphatic heterocycles. The summed E-state index contributed by atoms with van der Waals surface area (Å²) in [5.41, 5.74) is 5.50. The number of thiazole rings is 1. The van der Waals surface area contributed by atoms with Crippen molar-refractivity contribution < 1.29 is 9.53 Å². The molecule has 0 aliphatic carbocycles. The Labute approximate surface area is 163 Å². The van der Waals surface area contributed by atoms with Gasteiger partial charge in [0.05, 0.1) is 23.5 Å². The molecule has 0 unspecified atom stereocenters. The molecule has 0 saturated carbocycles. The average molecular weight is 382 g/mol. The summed E-state index contributed by atoms with van der Waals surface area (Å²) in [4.78, 5) is 21.3. The zero-order chi connectivity index (χ0) is 19.4. The third-order valence-corrected chi connectivity index (χ3v) is 4.99. The molecule has 140 valence electrons. The number of carbonyl (C=O) groups is 1. The summed E-state index contributed by atoms with van der Waals surface area (Å²) >= 11 is 1.50. The quantitative estimate of drug-likeness (QED) is 0.681. The number of nitrogens with one attached hydrogen (secondary N) is 1. The lowest BCUT2D eigenvalue weighted by atomic mass is 10.1. The van der Waals surface area contributed by atoms with Gasteiger partial charge >= 0.3 is 0 Å². The van der Waals surface area contributed by atoms with Crippen molar-refractivity contribution in [3.63, 3.8) is 0 Å². The minimum Gasteiger partial charge on any atom is -0.486 e. The SMILES string of the molecule is Cc1ccc(OCc2nc(CC(=O)Nc3c(C)cc(C)nc3C)cs2)cc1. The predicted octanol–water partition coefficient (Wildman–Crippen LogP) is 4.53. The van der Waals surface area contributed by atoms with Gasteiger partial charge in [0.1, 0.15) is 17.4 Å². The molecule has 0 fully saturated rings. The molecule has 0 radical (unpaired) electrons. The van der Waals surface area contributed by atoms with E-state index >= 15 is 0 Å². The van der Waals surface area contributed by atoms with Crippen LogP contribution in [-0.2, 0) is 17.8 Å². The van der Waals surface area contributed by atoms with Crippen molar-refractivity contribution in [2.45, 2.75) is 40.7 Å². The van der Waals surface area contributed by atoms with Crippen molar-refractivity contribution in [3.8, 4) is 5.75 Å². The maximum atomic E-state index is 12.4. The van der Waals surface area contributed by atoms with Gasteiger partial charge in [-0.1, -0.05) is 17.7 Å². The minimum absolute atomic E-state index is 0.0943. The van der Waals surface area contributed by atoms with E-state index in [2.05, 4.69) is 15.3 Å². The summed E-state index contributed by atoms with van der Waals surface area (Å²) in [5, 5.41) is 5.71. The number of anilines is 1. The van der Waals surface area contributed by atoms with Gasteiger partial charge in [-0.15, -0.1) is 11.3 Å². The second-order valence-corrected chi connectivity index (χ2v) is 7.54. The fraction of sp³-hybridized carbons (Fsp3) is 0.286. The Morgan fingerprint density at radius 1 is 1.11 bits per heavy atom. The summed E-state index contributed by atoms with van der Waals surface area (Å²) in [6, 6.07) is 9.87. The number of ether oxygens (including phenoxy) is 1. The van der Waals surface area contributed by atoms with E-state index < -0.39 is 0 Å². The highest BCUT2D eigenvalue weighted by Gasteiger charge is 2.12. The highest BCUT2D eigenvalue weighted by atomic mass is 32.1. The molecule has 0 bridgehead atoms. The van der Waals surface area contributed by atoms with Gasteiger partial charge in [0.15, 0.2) is 0 Å². The first kappa shape index (κ1) is 19.0. The Bertz CT molecular complexity index is 925. The normalized spacial score (nSPS) is 10.7. The topological polar surface area (TPSA) is 64.1 Å². The summed E-state index contributed by atoms with van der Waals surface area (Å²) in [7, 11) is 0. The lowest BCUT2D eigenvalue weighted by Crippen LogP contribution is -2.17. The van der Waals surface area contributed by atoms with Crippen molar-refractivity contribution in [2.75, 3.05) is 5.32 Å². The van der Waals surface area contributed by atoms with Crippen LogP contribution in [0.25, 0.3) is 0 Å². The molecule has 0 atom stereocenters. The predicted molar refractivity (Wildman–Crippen MR) is 108 cm³/mol. The summed E-state index contributed by atoms with van der Waals surface area (Å²) < 4.78 is 5.74. The van der Waals surface area contributed by atoms with Gasteiger partial charge in [0.2, 0.25) is 5.91 Å². The van der Waals surface area contributed by atoms with Crippen LogP contribution < -0.4 is 10.1 Å². The highest BCUT2D eigenvalue weighted by Crippen LogP contribution is 2.20. The molecule has 3 aromatic rings. The average Bonchev–Trinajstić information content (AvgIpc) is 3.05. The van der Waals surface area contributed by atoms with Crippen LogP contribution in [0.3, 0.4) is 0 Å². The fourth-order valence-corrected chi connectivity index (χ4v) is 3.54. The maximum absolute atomic E-state index is 12.4. The van der Waals surface area contributed by atoms with Crippen molar-refractivity contribution in [1.29, 1.82) is 0 Å². The first-order valence-corrected chi connectivity index (χ1v) is 9.66. The van der Waals surface area contributed by atoms with Crippen LogP contribution in [0.5, 0.6) is 5.75 Å². The van der Waals surface area contributed by atoms with Crippen LogP contribution in [0.2, 0.25) is 0 Å². The Morgan fingerprint density at radius 2 is 1.85 bits per heavy atom. The van der Waals surface area contributed by atoms with E-state index in [0.717, 1.165) is 39.1 Å². The third-order valence-electron chi connectivity index (χ3n) is 4.11. The fourth-order valence-electron chi connectivity index (χ4n) is 2.84. The monoisotopic (exact) mass is 381 g/mol. The lowest BCUT2D eigenvalue weighted by molar-refractivity contribution is -0.115. The van der Waals surface area contributed by atoms with Crippen LogP contribution in [0.15, 0.2) is 35.7 Å². The van der Waals surface area contributed by atoms with E-state index in [-0.39, 0.29) is 12.3 Å². The zero-order valence-corrected chi connectivity index (χ0v) is 16.8. The summed E-state index contributed by atoms with van der Waals surface area (Å²) in [6.07, 6.45) is 0.230. The molecule has 1 aromatic carbocycles. The second kappa shape index (κ2) is 8.31. The minimum atomic E-state index is -0.0943. The molecule has 1 N–H and O–H groups in total. The van der Waals surface area contributed by atoms with E-state index in [9.17, 15) is 4.79 Å². The van der Waals surface area contributed by atoms with E-state index in [0.29, 0.717) is 6.61 Å². The van der Waals surface area contributed by atoms with E-state index in [4.69, 9.17) is 4.74 Å². The molecule has 27 heavy (non-hydrogen) atoms. The van der Waals surface area contributed by atoms with Crippen LogP contribution in [0.4, 0.5) is 5.69 Å². The molecule has 1 amide bonds. The largest absolute Gasteiger partial charge is 0.486 e. The number of nitrogens with zero attached hydrogens (tertiary/aromatic N) is 2. The first-order valence-electron chi connectivity index (χ1n) is 8.78. The number of benzene rings is 1. The molecular formula is C21H23N3O2S. The smallest absolute Gasteiger partial charge is 0.230 e. The van der Waals surface area contributed by atoms with Crippen LogP contribution in [0, 0.1) is 27.7 Å². The summed E-state index contributed by atoms with van der Waals surface area (Å²) in [5.74, 6) is 0.719. The standard InChI is InChI=1S/C21H23N3O2S/c1-13-5-7-18(8-6-13)26-11-20-23-17(12-27-20)10-19(25)24-21-14(2)9-15(3)22-16(21)4/h5-9,12H,10-11H2,1-4H3,(H,24,25). The molecule has 0 spiro atoms. The Hall–Kier alpha value is -2.73. The molecule has 6 heteroatoms. The zero-order valence-electron chi connectivity index (χ0n) is 16.0. The molecule has 0 aliphatic rings. The number of pyridine rings is 1. The van der Waals surface area contributed by atoms with E-state index in [1.807, 2.05) is 63.4 Å². The third kappa shape index (κ3) is 5.14. The lowest BCUT2D eigenvalue weighted by Gasteiger charge is -2.11. The maximum Gasteiger partial charge on any atom is 0.230 e. The van der Waals surface area contributed by atoms with Gasteiger partial charge < -0.3 is 10.1 Å². The Morgan fingerprint density at radius 3 is 2.56 bits per heavy atom. The Kier molecular flexibility index (Phi) is 5.86. The highest BCUT2D eigenvalue weighted by molar-refractivity contribution is 7.09. The number of hydrogen-bond acceptors (Lipinski definition) is 5. The van der Waals surface area contributed by atoms with Gasteiger partial charge in [0, 0.05) is 11.1 Å². The number of rotatable bonds is 6. The second-order valence-electron chi connectivity index (χ2n) is 6.60. The molecule has 2 aromatic heterocycles. The van der Waals surface area contributed by atoms with E-state index in [1.54, 1.807) is 0 Å². The van der Waals surface area contributed by atoms with Gasteiger partial charge in [0.25, 0.3) is 0 Å². The van der Waals surface area contributed by atoms with Crippen molar-refractivity contribution in [3.05, 3.63) is 68.9 Å². The Balaban J connectivity index is 1.57. The molecule has 0 saturated heterocycles. The molecule has 2 heterocycles. The van der Waals surface area contributed by atoms with E-state index in [1.165, 1.54) is 16.9 Å². The number of carbonyl (C=O) groups excluding carboxylic acids is 1. The number of aromatic nitrogens is 2. The van der Waals surface area contributed by atoms with Gasteiger partial charge in [-0.05, 0) is 51.5 Å². The van der Waals surface area contributed by atoms with Crippen LogP contribution in [0.1, 0.15) is 33.2 Å². The van der Waals surface area contributed by atoms with Gasteiger partial charge in [-0.25, -0.2) is 4.98 Å². The molecule has 3 rings (SSSR count). The first-order chi connectivity index (χ1) is 12.9. The van der Waals surface area contributed by atoms with Crippen LogP contribution >= 0.6 is 11.3 Å². The van der Waals surface area contributed by atoms with Gasteiger partial charge in [-0.3, -0.25) is 9.78 Å². The number of aryl methyl sites for hydroxylation is 4. The summed E-state index contributed by atoms with van der Waals surface area (Å²) in [6.45, 7) is 8.26. The number of hydrogen-bond donors (Lipinski definition) is 1.